The number of rotatable bonds is 0. The molecule has 1 N–H and O–H groups in total. The Morgan fingerprint density at radius 3 is 2.92 bits per heavy atom. The lowest BCUT2D eigenvalue weighted by Crippen LogP contribution is -2.46. The van der Waals surface area contributed by atoms with E-state index in [2.05, 4.69) is 19.2 Å². The molecular weight excluding hydrogens is 166 g/mol. The van der Waals surface area contributed by atoms with Gasteiger partial charge in [-0.1, -0.05) is 20.3 Å². The largest absolute Gasteiger partial charge is 0.441 e. The summed E-state index contributed by atoms with van der Waals surface area (Å²) in [6.45, 7) is 5.15. The number of alkyl carbamates (subject to hydrolysis) is 1. The van der Waals surface area contributed by atoms with Gasteiger partial charge in [0, 0.05) is 5.92 Å². The van der Waals surface area contributed by atoms with Crippen molar-refractivity contribution in [2.45, 2.75) is 38.7 Å². The lowest BCUT2D eigenvalue weighted by atomic mass is 9.71. The van der Waals surface area contributed by atoms with Crippen molar-refractivity contribution in [1.82, 2.24) is 5.32 Å². The number of ether oxygens (including phenoxy) is 1. The van der Waals surface area contributed by atoms with Gasteiger partial charge in [0.25, 0.3) is 0 Å². The van der Waals surface area contributed by atoms with E-state index >= 15 is 0 Å². The third-order valence-corrected chi connectivity index (χ3v) is 3.77. The van der Waals surface area contributed by atoms with Crippen LogP contribution in [-0.2, 0) is 4.74 Å². The van der Waals surface area contributed by atoms with Crippen molar-refractivity contribution in [1.29, 1.82) is 0 Å². The Morgan fingerprint density at radius 2 is 2.31 bits per heavy atom. The lowest BCUT2D eigenvalue weighted by Gasteiger charge is -2.40. The van der Waals surface area contributed by atoms with Crippen LogP contribution in [0.15, 0.2) is 0 Å². The van der Waals surface area contributed by atoms with E-state index < -0.39 is 0 Å². The Balaban J connectivity index is 2.16. The third kappa shape index (κ3) is 1.30. The first kappa shape index (κ1) is 8.85. The van der Waals surface area contributed by atoms with Gasteiger partial charge in [0.2, 0.25) is 0 Å². The van der Waals surface area contributed by atoms with Crippen molar-refractivity contribution in [3.63, 3.8) is 0 Å². The molecule has 0 radical (unpaired) electrons. The van der Waals surface area contributed by atoms with Crippen LogP contribution in [0.4, 0.5) is 4.79 Å². The molecule has 1 aliphatic carbocycles. The highest BCUT2D eigenvalue weighted by Gasteiger charge is 2.48. The van der Waals surface area contributed by atoms with Crippen molar-refractivity contribution < 1.29 is 9.53 Å². The molecular formula is C10H17NO2. The second-order valence-electron chi connectivity index (χ2n) is 4.47. The summed E-state index contributed by atoms with van der Waals surface area (Å²) < 4.78 is 5.42. The molecule has 3 unspecified atom stereocenters. The lowest BCUT2D eigenvalue weighted by molar-refractivity contribution is -0.0370. The Labute approximate surface area is 78.8 Å². The van der Waals surface area contributed by atoms with E-state index in [9.17, 15) is 4.79 Å². The molecule has 2 aliphatic rings. The van der Waals surface area contributed by atoms with Crippen LogP contribution in [0.3, 0.4) is 0 Å². The van der Waals surface area contributed by atoms with E-state index in [1.165, 1.54) is 12.8 Å². The van der Waals surface area contributed by atoms with Gasteiger partial charge in [-0.25, -0.2) is 4.79 Å². The van der Waals surface area contributed by atoms with Gasteiger partial charge in [0.1, 0.15) is 5.60 Å². The van der Waals surface area contributed by atoms with E-state index in [1.54, 1.807) is 0 Å². The maximum absolute atomic E-state index is 11.0. The van der Waals surface area contributed by atoms with Crippen LogP contribution in [0, 0.1) is 11.8 Å². The monoisotopic (exact) mass is 183 g/mol. The van der Waals surface area contributed by atoms with Gasteiger partial charge >= 0.3 is 6.09 Å². The van der Waals surface area contributed by atoms with Crippen molar-refractivity contribution >= 4 is 6.09 Å². The van der Waals surface area contributed by atoms with Crippen LogP contribution in [-0.4, -0.2) is 18.2 Å². The summed E-state index contributed by atoms with van der Waals surface area (Å²) in [5.74, 6) is 1.15. The van der Waals surface area contributed by atoms with Crippen LogP contribution in [0.25, 0.3) is 0 Å². The zero-order valence-electron chi connectivity index (χ0n) is 8.30. The predicted molar refractivity (Wildman–Crippen MR) is 49.4 cm³/mol. The quantitative estimate of drug-likeness (QED) is 0.623. The average molecular weight is 183 g/mol. The number of carbonyl (C=O) groups excluding carboxylic acids is 1. The molecule has 2 fully saturated rings. The van der Waals surface area contributed by atoms with Crippen LogP contribution in [0.1, 0.15) is 33.1 Å². The van der Waals surface area contributed by atoms with Gasteiger partial charge in [-0.05, 0) is 18.8 Å². The van der Waals surface area contributed by atoms with Crippen molar-refractivity contribution in [2.24, 2.45) is 11.8 Å². The number of hydrogen-bond acceptors (Lipinski definition) is 2. The van der Waals surface area contributed by atoms with Gasteiger partial charge in [0.05, 0.1) is 6.54 Å². The summed E-state index contributed by atoms with van der Waals surface area (Å²) in [5.41, 5.74) is -0.186. The molecule has 1 aliphatic heterocycles. The molecule has 1 saturated carbocycles. The first-order chi connectivity index (χ1) is 6.14. The Kier molecular flexibility index (Phi) is 1.97. The summed E-state index contributed by atoms with van der Waals surface area (Å²) >= 11 is 0. The zero-order chi connectivity index (χ0) is 9.47. The molecule has 3 nitrogen and oxygen atoms in total. The van der Waals surface area contributed by atoms with Crippen molar-refractivity contribution in [2.75, 3.05) is 6.54 Å². The third-order valence-electron chi connectivity index (χ3n) is 3.77. The number of carbonyl (C=O) groups is 1. The maximum atomic E-state index is 11.0. The van der Waals surface area contributed by atoms with Crippen LogP contribution in [0.5, 0.6) is 0 Å². The summed E-state index contributed by atoms with van der Waals surface area (Å²) in [6.07, 6.45) is 3.24. The van der Waals surface area contributed by atoms with Gasteiger partial charge in [-0.2, -0.15) is 0 Å². The fourth-order valence-corrected chi connectivity index (χ4v) is 2.59. The molecule has 1 amide bonds. The first-order valence-corrected chi connectivity index (χ1v) is 5.11. The standard InChI is InChI=1S/C10H17NO2/c1-7-4-3-5-10(8(7)2)6-11-9(12)13-10/h7-8H,3-6H2,1-2H3,(H,11,12). The smallest absolute Gasteiger partial charge is 0.407 e. The van der Waals surface area contributed by atoms with E-state index in [0.29, 0.717) is 18.4 Å². The van der Waals surface area contributed by atoms with Gasteiger partial charge in [-0.15, -0.1) is 0 Å². The van der Waals surface area contributed by atoms with E-state index in [-0.39, 0.29) is 11.7 Å². The molecule has 74 valence electrons. The summed E-state index contributed by atoms with van der Waals surface area (Å²) in [6, 6.07) is 0. The van der Waals surface area contributed by atoms with Crippen LogP contribution < -0.4 is 5.32 Å². The molecule has 0 aromatic heterocycles. The minimum Gasteiger partial charge on any atom is -0.441 e. The molecule has 3 heteroatoms. The van der Waals surface area contributed by atoms with Crippen molar-refractivity contribution in [3.05, 3.63) is 0 Å². The summed E-state index contributed by atoms with van der Waals surface area (Å²) in [5, 5.41) is 2.77. The molecule has 0 bridgehead atoms. The Morgan fingerprint density at radius 1 is 1.54 bits per heavy atom. The van der Waals surface area contributed by atoms with Crippen LogP contribution >= 0.6 is 0 Å². The molecule has 2 rings (SSSR count). The maximum Gasteiger partial charge on any atom is 0.407 e. The minimum atomic E-state index is -0.235. The van der Waals surface area contributed by atoms with Crippen LogP contribution in [0.2, 0.25) is 0 Å². The highest BCUT2D eigenvalue weighted by molar-refractivity contribution is 5.70. The second-order valence-corrected chi connectivity index (χ2v) is 4.47. The van der Waals surface area contributed by atoms with Gasteiger partial charge in [0.15, 0.2) is 0 Å². The van der Waals surface area contributed by atoms with Crippen molar-refractivity contribution in [3.8, 4) is 0 Å². The zero-order valence-corrected chi connectivity index (χ0v) is 8.30. The predicted octanol–water partition coefficient (Wildman–Crippen LogP) is 1.92. The fourth-order valence-electron chi connectivity index (χ4n) is 2.59. The number of hydrogen-bond donors (Lipinski definition) is 1. The molecule has 0 aromatic rings. The SMILES string of the molecule is CC1CCCC2(CNC(=O)O2)C1C. The molecule has 3 atom stereocenters. The Bertz CT molecular complexity index is 229. The fraction of sp³-hybridized carbons (Fsp3) is 0.900. The highest BCUT2D eigenvalue weighted by atomic mass is 16.6. The minimum absolute atomic E-state index is 0.186. The van der Waals surface area contributed by atoms with Gasteiger partial charge < -0.3 is 10.1 Å². The molecule has 0 aromatic carbocycles. The normalized spacial score (nSPS) is 44.6. The highest BCUT2D eigenvalue weighted by Crippen LogP contribution is 2.41. The molecule has 1 heterocycles. The second kappa shape index (κ2) is 2.89. The first-order valence-electron chi connectivity index (χ1n) is 5.11. The topological polar surface area (TPSA) is 38.3 Å². The molecule has 13 heavy (non-hydrogen) atoms. The summed E-state index contributed by atoms with van der Waals surface area (Å²) in [7, 11) is 0. The molecule has 1 spiro atoms. The number of amides is 1. The van der Waals surface area contributed by atoms with E-state index in [0.717, 1.165) is 6.42 Å². The Hall–Kier alpha value is -0.730. The average Bonchev–Trinajstić information content (AvgIpc) is 2.45. The van der Waals surface area contributed by atoms with E-state index in [1.807, 2.05) is 0 Å². The molecule has 1 saturated heterocycles. The van der Waals surface area contributed by atoms with E-state index in [4.69, 9.17) is 4.74 Å². The summed E-state index contributed by atoms with van der Waals surface area (Å²) in [4.78, 5) is 11.0. The van der Waals surface area contributed by atoms with Gasteiger partial charge in [-0.3, -0.25) is 0 Å². The number of nitrogens with one attached hydrogen (secondary N) is 1.